The summed E-state index contributed by atoms with van der Waals surface area (Å²) in [6.45, 7) is 3.56. The van der Waals surface area contributed by atoms with E-state index in [2.05, 4.69) is 4.98 Å². The Labute approximate surface area is 139 Å². The molecule has 2 aromatic heterocycles. The number of primary amides is 1. The highest BCUT2D eigenvalue weighted by atomic mass is 19.1. The Hall–Kier alpha value is -2.70. The molecule has 1 saturated heterocycles. The number of nitrogens with two attached hydrogens (primary N) is 1. The number of nitrogens with zero attached hydrogens (tertiary/aromatic N) is 3. The van der Waals surface area contributed by atoms with Gasteiger partial charge in [0.25, 0.3) is 5.91 Å². The van der Waals surface area contributed by atoms with E-state index in [1.165, 1.54) is 4.90 Å². The molecule has 2 aromatic rings. The first-order chi connectivity index (χ1) is 11.4. The average molecular weight is 330 g/mol. The van der Waals surface area contributed by atoms with Gasteiger partial charge in [-0.25, -0.2) is 9.37 Å². The Kier molecular flexibility index (Phi) is 4.09. The third-order valence-corrected chi connectivity index (χ3v) is 4.38. The Morgan fingerprint density at radius 3 is 2.71 bits per heavy atom. The maximum atomic E-state index is 13.7. The lowest BCUT2D eigenvalue weighted by atomic mass is 10.1. The summed E-state index contributed by atoms with van der Waals surface area (Å²) in [6, 6.07) is 6.35. The minimum Gasteiger partial charge on any atom is -0.368 e. The molecule has 1 aliphatic heterocycles. The standard InChI is InChI=1S/C17H19FN4O2/c1-10-7-13(11(2)22(10)15-5-3-4-6-20-15)17(24)21-9-12(18)8-14(21)16(19)23/h3-7,12,14H,8-9H2,1-2H3,(H2,19,23)/t12-,14+/m1/s1. The van der Waals surface area contributed by atoms with Crippen LogP contribution in [0.1, 0.15) is 28.2 Å². The van der Waals surface area contributed by atoms with Crippen LogP contribution in [-0.2, 0) is 4.79 Å². The Balaban J connectivity index is 1.99. The van der Waals surface area contributed by atoms with Crippen LogP contribution < -0.4 is 5.73 Å². The number of halogens is 1. The summed E-state index contributed by atoms with van der Waals surface area (Å²) >= 11 is 0. The minimum absolute atomic E-state index is 0.0416. The normalized spacial score (nSPS) is 20.4. The number of alkyl halides is 1. The highest BCUT2D eigenvalue weighted by Gasteiger charge is 2.39. The smallest absolute Gasteiger partial charge is 0.256 e. The van der Waals surface area contributed by atoms with Crippen molar-refractivity contribution in [2.45, 2.75) is 32.5 Å². The minimum atomic E-state index is -1.23. The third-order valence-electron chi connectivity index (χ3n) is 4.38. The van der Waals surface area contributed by atoms with E-state index in [0.717, 1.165) is 5.69 Å². The molecule has 3 rings (SSSR count). The summed E-state index contributed by atoms with van der Waals surface area (Å²) < 4.78 is 15.5. The Morgan fingerprint density at radius 2 is 2.08 bits per heavy atom. The number of carbonyl (C=O) groups is 2. The number of aryl methyl sites for hydroxylation is 1. The van der Waals surface area contributed by atoms with Crippen LogP contribution in [0.15, 0.2) is 30.5 Å². The van der Waals surface area contributed by atoms with Crippen LogP contribution in [0, 0.1) is 13.8 Å². The summed E-state index contributed by atoms with van der Waals surface area (Å²) in [6.07, 6.45) is 0.401. The Bertz CT molecular complexity index is 787. The van der Waals surface area contributed by atoms with Crippen molar-refractivity contribution >= 4 is 11.8 Å². The summed E-state index contributed by atoms with van der Waals surface area (Å²) in [4.78, 5) is 29.9. The van der Waals surface area contributed by atoms with Crippen LogP contribution in [0.3, 0.4) is 0 Å². The third kappa shape index (κ3) is 2.66. The van der Waals surface area contributed by atoms with E-state index >= 15 is 0 Å². The van der Waals surface area contributed by atoms with E-state index in [0.29, 0.717) is 17.1 Å². The molecule has 0 bridgehead atoms. The lowest BCUT2D eigenvalue weighted by Crippen LogP contribution is -2.43. The second-order valence-corrected chi connectivity index (χ2v) is 6.02. The van der Waals surface area contributed by atoms with Crippen LogP contribution in [0.25, 0.3) is 5.82 Å². The van der Waals surface area contributed by atoms with Crippen molar-refractivity contribution in [1.82, 2.24) is 14.5 Å². The number of likely N-dealkylation sites (tertiary alicyclic amines) is 1. The molecule has 24 heavy (non-hydrogen) atoms. The number of hydrogen-bond acceptors (Lipinski definition) is 3. The molecule has 2 N–H and O–H groups in total. The first kappa shape index (κ1) is 16.2. The van der Waals surface area contributed by atoms with Gasteiger partial charge in [-0.1, -0.05) is 6.07 Å². The molecule has 6 nitrogen and oxygen atoms in total. The zero-order chi connectivity index (χ0) is 17.4. The SMILES string of the molecule is Cc1cc(C(=O)N2C[C@H](F)C[C@H]2C(N)=O)c(C)n1-c1ccccn1. The van der Waals surface area contributed by atoms with Crippen molar-refractivity contribution in [3.05, 3.63) is 47.4 Å². The quantitative estimate of drug-likeness (QED) is 0.926. The van der Waals surface area contributed by atoms with E-state index < -0.39 is 18.1 Å². The van der Waals surface area contributed by atoms with Gasteiger partial charge in [0.2, 0.25) is 5.91 Å². The average Bonchev–Trinajstić information content (AvgIpc) is 3.08. The molecule has 0 unspecified atom stereocenters. The summed E-state index contributed by atoms with van der Waals surface area (Å²) in [5.74, 6) is -0.362. The van der Waals surface area contributed by atoms with Crippen molar-refractivity contribution in [3.63, 3.8) is 0 Å². The highest BCUT2D eigenvalue weighted by Crippen LogP contribution is 2.26. The first-order valence-corrected chi connectivity index (χ1v) is 7.75. The second kappa shape index (κ2) is 6.07. The van der Waals surface area contributed by atoms with Crippen molar-refractivity contribution < 1.29 is 14.0 Å². The molecule has 3 heterocycles. The van der Waals surface area contributed by atoms with E-state index in [-0.39, 0.29) is 18.9 Å². The van der Waals surface area contributed by atoms with Gasteiger partial charge in [-0.2, -0.15) is 0 Å². The number of rotatable bonds is 3. The topological polar surface area (TPSA) is 81.2 Å². The van der Waals surface area contributed by atoms with E-state index in [4.69, 9.17) is 5.73 Å². The summed E-state index contributed by atoms with van der Waals surface area (Å²) in [5.41, 5.74) is 7.28. The molecular formula is C17H19FN4O2. The molecule has 126 valence electrons. The Morgan fingerprint density at radius 1 is 1.33 bits per heavy atom. The molecular weight excluding hydrogens is 311 g/mol. The molecule has 0 radical (unpaired) electrons. The van der Waals surface area contributed by atoms with E-state index in [9.17, 15) is 14.0 Å². The lowest BCUT2D eigenvalue weighted by Gasteiger charge is -2.21. The fraction of sp³-hybridized carbons (Fsp3) is 0.353. The molecule has 0 spiro atoms. The van der Waals surface area contributed by atoms with E-state index in [1.54, 1.807) is 19.2 Å². The van der Waals surface area contributed by atoms with Gasteiger partial charge in [0.15, 0.2) is 0 Å². The number of hydrogen-bond donors (Lipinski definition) is 1. The first-order valence-electron chi connectivity index (χ1n) is 7.75. The van der Waals surface area contributed by atoms with Gasteiger partial charge >= 0.3 is 0 Å². The van der Waals surface area contributed by atoms with E-state index in [1.807, 2.05) is 29.7 Å². The van der Waals surface area contributed by atoms with Gasteiger partial charge in [0.1, 0.15) is 18.0 Å². The van der Waals surface area contributed by atoms with Gasteiger partial charge in [-0.05, 0) is 32.0 Å². The number of pyridine rings is 1. The summed E-state index contributed by atoms with van der Waals surface area (Å²) in [5, 5.41) is 0. The number of amides is 2. The molecule has 7 heteroatoms. The largest absolute Gasteiger partial charge is 0.368 e. The van der Waals surface area contributed by atoms with Gasteiger partial charge in [0, 0.05) is 24.0 Å². The number of aromatic nitrogens is 2. The molecule has 2 amide bonds. The van der Waals surface area contributed by atoms with Crippen molar-refractivity contribution in [2.75, 3.05) is 6.54 Å². The highest BCUT2D eigenvalue weighted by molar-refractivity contribution is 5.99. The second-order valence-electron chi connectivity index (χ2n) is 6.02. The van der Waals surface area contributed by atoms with Crippen LogP contribution in [-0.4, -0.2) is 45.0 Å². The molecule has 0 aromatic carbocycles. The maximum Gasteiger partial charge on any atom is 0.256 e. The molecule has 2 atom stereocenters. The zero-order valence-corrected chi connectivity index (χ0v) is 13.6. The fourth-order valence-electron chi connectivity index (χ4n) is 3.25. The lowest BCUT2D eigenvalue weighted by molar-refractivity contribution is -0.121. The molecule has 1 aliphatic rings. The van der Waals surface area contributed by atoms with Gasteiger partial charge in [0.05, 0.1) is 12.1 Å². The molecule has 1 fully saturated rings. The fourth-order valence-corrected chi connectivity index (χ4v) is 3.25. The van der Waals surface area contributed by atoms with Crippen LogP contribution in [0.5, 0.6) is 0 Å². The maximum absolute atomic E-state index is 13.7. The predicted octanol–water partition coefficient (Wildman–Crippen LogP) is 1.53. The van der Waals surface area contributed by atoms with Crippen LogP contribution in [0.2, 0.25) is 0 Å². The monoisotopic (exact) mass is 330 g/mol. The van der Waals surface area contributed by atoms with Crippen LogP contribution in [0.4, 0.5) is 4.39 Å². The van der Waals surface area contributed by atoms with Gasteiger partial charge < -0.3 is 15.2 Å². The van der Waals surface area contributed by atoms with Gasteiger partial charge in [-0.3, -0.25) is 9.59 Å². The van der Waals surface area contributed by atoms with Crippen molar-refractivity contribution in [3.8, 4) is 5.82 Å². The zero-order valence-electron chi connectivity index (χ0n) is 13.6. The van der Waals surface area contributed by atoms with Crippen molar-refractivity contribution in [1.29, 1.82) is 0 Å². The van der Waals surface area contributed by atoms with Crippen molar-refractivity contribution in [2.24, 2.45) is 5.73 Å². The van der Waals surface area contributed by atoms with Crippen LogP contribution >= 0.6 is 0 Å². The van der Waals surface area contributed by atoms with Gasteiger partial charge in [-0.15, -0.1) is 0 Å². The summed E-state index contributed by atoms with van der Waals surface area (Å²) in [7, 11) is 0. The number of carbonyl (C=O) groups excluding carboxylic acids is 2. The predicted molar refractivity (Wildman–Crippen MR) is 86.6 cm³/mol. The molecule has 0 aliphatic carbocycles. The molecule has 0 saturated carbocycles.